The minimum Gasteiger partial charge on any atom is -0.301 e. The lowest BCUT2D eigenvalue weighted by molar-refractivity contribution is 0.191. The Morgan fingerprint density at radius 2 is 1.69 bits per heavy atom. The molecule has 0 saturated carbocycles. The third-order valence-corrected chi connectivity index (χ3v) is 3.40. The van der Waals surface area contributed by atoms with Gasteiger partial charge in [-0.15, -0.1) is 6.58 Å². The quantitative estimate of drug-likeness (QED) is 0.366. The third kappa shape index (κ3) is 7.05. The number of unbranched alkanes of at least 4 members (excludes halogenated alkanes) is 3. The molecule has 0 fully saturated rings. The van der Waals surface area contributed by atoms with Gasteiger partial charge in [0.1, 0.15) is 0 Å². The van der Waals surface area contributed by atoms with Crippen LogP contribution in [0.1, 0.15) is 65.7 Å². The third-order valence-electron chi connectivity index (χ3n) is 3.40. The van der Waals surface area contributed by atoms with Crippen LogP contribution < -0.4 is 0 Å². The first-order valence-corrected chi connectivity index (χ1v) is 7.14. The van der Waals surface area contributed by atoms with Crippen LogP contribution in [0.25, 0.3) is 0 Å². The summed E-state index contributed by atoms with van der Waals surface area (Å²) in [6.07, 6.45) is 11.4. The molecule has 0 rings (SSSR count). The monoisotopic (exact) mass is 225 g/mol. The van der Waals surface area contributed by atoms with Crippen molar-refractivity contribution in [3.63, 3.8) is 0 Å². The molecule has 1 atom stereocenters. The Kier molecular flexibility index (Phi) is 11.0. The molecular weight excluding hydrogens is 194 g/mol. The van der Waals surface area contributed by atoms with Crippen LogP contribution in [0.3, 0.4) is 0 Å². The fourth-order valence-corrected chi connectivity index (χ4v) is 2.43. The summed E-state index contributed by atoms with van der Waals surface area (Å²) in [7, 11) is 0. The Morgan fingerprint density at radius 1 is 1.00 bits per heavy atom. The molecule has 1 unspecified atom stereocenters. The van der Waals surface area contributed by atoms with Crippen LogP contribution in [-0.4, -0.2) is 24.0 Å². The van der Waals surface area contributed by atoms with Crippen LogP contribution in [-0.2, 0) is 0 Å². The summed E-state index contributed by atoms with van der Waals surface area (Å²) in [6, 6.07) is 0.823. The minimum atomic E-state index is 0.823. The van der Waals surface area contributed by atoms with Crippen molar-refractivity contribution in [2.75, 3.05) is 13.1 Å². The Bertz CT molecular complexity index is 150. The van der Waals surface area contributed by atoms with E-state index in [0.29, 0.717) is 0 Å². The maximum absolute atomic E-state index is 3.77. The second-order valence-electron chi connectivity index (χ2n) is 4.59. The highest BCUT2D eigenvalue weighted by Gasteiger charge is 2.13. The Hall–Kier alpha value is -0.300. The molecule has 0 saturated heterocycles. The summed E-state index contributed by atoms with van der Waals surface area (Å²) < 4.78 is 0. The van der Waals surface area contributed by atoms with Gasteiger partial charge in [-0.05, 0) is 38.8 Å². The van der Waals surface area contributed by atoms with Gasteiger partial charge in [-0.1, -0.05) is 46.1 Å². The number of hydrogen-bond donors (Lipinski definition) is 0. The van der Waals surface area contributed by atoms with E-state index in [2.05, 4.69) is 32.3 Å². The molecule has 16 heavy (non-hydrogen) atoms. The van der Waals surface area contributed by atoms with Crippen molar-refractivity contribution in [3.05, 3.63) is 12.7 Å². The second-order valence-corrected chi connectivity index (χ2v) is 4.59. The van der Waals surface area contributed by atoms with E-state index in [1.807, 2.05) is 6.08 Å². The number of rotatable bonds is 11. The van der Waals surface area contributed by atoms with Crippen LogP contribution in [0.5, 0.6) is 0 Å². The molecule has 0 aromatic rings. The Labute approximate surface area is 103 Å². The largest absolute Gasteiger partial charge is 0.301 e. The maximum Gasteiger partial charge on any atom is 0.00949 e. The molecule has 0 amide bonds. The highest BCUT2D eigenvalue weighted by atomic mass is 15.1. The molecular formula is C15H31N. The highest BCUT2D eigenvalue weighted by molar-refractivity contribution is 4.70. The predicted octanol–water partition coefficient (Wildman–Crippen LogP) is 4.63. The van der Waals surface area contributed by atoms with Crippen LogP contribution in [0, 0.1) is 0 Å². The predicted molar refractivity (Wildman–Crippen MR) is 74.9 cm³/mol. The Morgan fingerprint density at radius 3 is 2.19 bits per heavy atom. The van der Waals surface area contributed by atoms with Gasteiger partial charge in [-0.25, -0.2) is 0 Å². The van der Waals surface area contributed by atoms with Crippen molar-refractivity contribution in [2.24, 2.45) is 0 Å². The SMILES string of the molecule is C=CCCCCCC(CCC)N(CC)CC. The standard InChI is InChI=1S/C15H31N/c1-5-9-10-11-12-14-15(13-6-2)16(7-3)8-4/h5,15H,1,6-14H2,2-4H3. The van der Waals surface area contributed by atoms with Crippen molar-refractivity contribution in [2.45, 2.75) is 71.8 Å². The highest BCUT2D eigenvalue weighted by Crippen LogP contribution is 2.15. The molecule has 0 aliphatic heterocycles. The summed E-state index contributed by atoms with van der Waals surface area (Å²) in [6.45, 7) is 13.0. The average molecular weight is 225 g/mol. The molecule has 0 aliphatic rings. The molecule has 0 heterocycles. The molecule has 1 nitrogen and oxygen atoms in total. The summed E-state index contributed by atoms with van der Waals surface area (Å²) in [4.78, 5) is 2.62. The van der Waals surface area contributed by atoms with E-state index in [0.717, 1.165) is 6.04 Å². The maximum atomic E-state index is 3.77. The van der Waals surface area contributed by atoms with Gasteiger partial charge in [0.05, 0.1) is 0 Å². The molecule has 0 spiro atoms. The van der Waals surface area contributed by atoms with Gasteiger partial charge in [-0.2, -0.15) is 0 Å². The normalized spacial score (nSPS) is 13.0. The van der Waals surface area contributed by atoms with Gasteiger partial charge >= 0.3 is 0 Å². The van der Waals surface area contributed by atoms with E-state index >= 15 is 0 Å². The molecule has 0 N–H and O–H groups in total. The van der Waals surface area contributed by atoms with Crippen molar-refractivity contribution in [3.8, 4) is 0 Å². The van der Waals surface area contributed by atoms with Crippen molar-refractivity contribution < 1.29 is 0 Å². The summed E-state index contributed by atoms with van der Waals surface area (Å²) in [5, 5.41) is 0. The molecule has 0 aromatic heterocycles. The molecule has 0 radical (unpaired) electrons. The van der Waals surface area contributed by atoms with Crippen molar-refractivity contribution in [1.82, 2.24) is 4.90 Å². The lowest BCUT2D eigenvalue weighted by Crippen LogP contribution is -2.34. The van der Waals surface area contributed by atoms with Gasteiger partial charge in [0.2, 0.25) is 0 Å². The Balaban J connectivity index is 3.78. The topological polar surface area (TPSA) is 3.24 Å². The molecule has 1 heteroatoms. The molecule has 0 aliphatic carbocycles. The van der Waals surface area contributed by atoms with E-state index in [4.69, 9.17) is 0 Å². The molecule has 0 bridgehead atoms. The average Bonchev–Trinajstić information content (AvgIpc) is 2.30. The fraction of sp³-hybridized carbons (Fsp3) is 0.867. The van der Waals surface area contributed by atoms with Gasteiger partial charge in [0.15, 0.2) is 0 Å². The van der Waals surface area contributed by atoms with Gasteiger partial charge in [0, 0.05) is 6.04 Å². The van der Waals surface area contributed by atoms with Crippen LogP contribution in [0.2, 0.25) is 0 Å². The van der Waals surface area contributed by atoms with E-state index < -0.39 is 0 Å². The van der Waals surface area contributed by atoms with E-state index in [1.54, 1.807) is 0 Å². The van der Waals surface area contributed by atoms with Gasteiger partial charge < -0.3 is 4.90 Å². The summed E-state index contributed by atoms with van der Waals surface area (Å²) in [5.41, 5.74) is 0. The first kappa shape index (κ1) is 15.7. The number of allylic oxidation sites excluding steroid dienone is 1. The van der Waals surface area contributed by atoms with Crippen LogP contribution in [0.15, 0.2) is 12.7 Å². The summed E-state index contributed by atoms with van der Waals surface area (Å²) in [5.74, 6) is 0. The fourth-order valence-electron chi connectivity index (χ4n) is 2.43. The first-order chi connectivity index (χ1) is 7.79. The van der Waals surface area contributed by atoms with Crippen molar-refractivity contribution >= 4 is 0 Å². The molecule has 0 aromatic carbocycles. The van der Waals surface area contributed by atoms with Gasteiger partial charge in [-0.3, -0.25) is 0 Å². The zero-order chi connectivity index (χ0) is 12.2. The van der Waals surface area contributed by atoms with E-state index in [9.17, 15) is 0 Å². The van der Waals surface area contributed by atoms with E-state index in [-0.39, 0.29) is 0 Å². The van der Waals surface area contributed by atoms with Crippen LogP contribution >= 0.6 is 0 Å². The number of nitrogens with zero attached hydrogens (tertiary/aromatic N) is 1. The zero-order valence-electron chi connectivity index (χ0n) is 11.7. The van der Waals surface area contributed by atoms with Crippen molar-refractivity contribution in [1.29, 1.82) is 0 Å². The smallest absolute Gasteiger partial charge is 0.00949 e. The van der Waals surface area contributed by atoms with Crippen LogP contribution in [0.4, 0.5) is 0 Å². The lowest BCUT2D eigenvalue weighted by atomic mass is 10.0. The minimum absolute atomic E-state index is 0.823. The van der Waals surface area contributed by atoms with E-state index in [1.165, 1.54) is 58.0 Å². The summed E-state index contributed by atoms with van der Waals surface area (Å²) >= 11 is 0. The zero-order valence-corrected chi connectivity index (χ0v) is 11.7. The first-order valence-electron chi connectivity index (χ1n) is 7.14. The molecule has 96 valence electrons. The lowest BCUT2D eigenvalue weighted by Gasteiger charge is -2.29. The number of hydrogen-bond acceptors (Lipinski definition) is 1. The van der Waals surface area contributed by atoms with Gasteiger partial charge in [0.25, 0.3) is 0 Å². The second kappa shape index (κ2) is 11.2.